The van der Waals surface area contributed by atoms with Crippen molar-refractivity contribution in [2.24, 2.45) is 0 Å². The Morgan fingerprint density at radius 2 is 1.73 bits per heavy atom. The number of rotatable bonds is 9. The first-order valence-corrected chi connectivity index (χ1v) is 15.7. The lowest BCUT2D eigenvalue weighted by molar-refractivity contribution is -0.120. The fraction of sp³-hybridized carbons (Fsp3) is 0.621. The molecule has 1 aromatic carbocycles. The number of hydrogen-bond donors (Lipinski definition) is 3. The zero-order chi connectivity index (χ0) is 30.0. The van der Waals surface area contributed by atoms with Crippen LogP contribution in [-0.2, 0) is 22.5 Å². The molecule has 1 aliphatic heterocycles. The van der Waals surface area contributed by atoms with Crippen LogP contribution in [-0.4, -0.2) is 59.0 Å². The smallest absolute Gasteiger partial charge is 0.333 e. The van der Waals surface area contributed by atoms with Gasteiger partial charge in [0.1, 0.15) is 12.3 Å². The SMILES string of the molecule is Cc1cn(C2C[C@H](O)[C@@H](CO)O2)c(=O)n(CCCNC(=O)Cc2ccc([Si](F)(C(C)(C)C)C(C)(C)C)cc2)c1=O. The fourth-order valence-electron chi connectivity index (χ4n) is 5.77. The average molecular weight is 578 g/mol. The minimum Gasteiger partial charge on any atom is -0.394 e. The van der Waals surface area contributed by atoms with Crippen molar-refractivity contribution in [2.45, 2.75) is 103 Å². The molecule has 0 saturated carbocycles. The van der Waals surface area contributed by atoms with Crippen molar-refractivity contribution < 1.29 is 23.9 Å². The number of aryl methyl sites for hydroxylation is 1. The molecule has 11 heteroatoms. The molecule has 1 unspecified atom stereocenters. The van der Waals surface area contributed by atoms with E-state index in [1.54, 1.807) is 6.92 Å². The van der Waals surface area contributed by atoms with Gasteiger partial charge in [-0.2, -0.15) is 0 Å². The van der Waals surface area contributed by atoms with E-state index in [1.807, 2.05) is 65.8 Å². The van der Waals surface area contributed by atoms with Crippen LogP contribution < -0.4 is 21.8 Å². The number of hydrogen-bond acceptors (Lipinski definition) is 6. The first-order chi connectivity index (χ1) is 18.5. The number of aromatic nitrogens is 2. The quantitative estimate of drug-likeness (QED) is 0.239. The second-order valence-corrected chi connectivity index (χ2v) is 17.7. The lowest BCUT2D eigenvalue weighted by atomic mass is 10.1. The minimum absolute atomic E-state index is 0.0931. The van der Waals surface area contributed by atoms with Gasteiger partial charge in [0.15, 0.2) is 0 Å². The molecule has 2 aromatic rings. The maximum absolute atomic E-state index is 16.5. The number of ether oxygens (including phenoxy) is 1. The maximum atomic E-state index is 16.5. The molecule has 1 aliphatic rings. The van der Waals surface area contributed by atoms with Gasteiger partial charge in [0.2, 0.25) is 5.91 Å². The van der Waals surface area contributed by atoms with Gasteiger partial charge in [0.05, 0.1) is 19.1 Å². The van der Waals surface area contributed by atoms with Crippen LogP contribution >= 0.6 is 0 Å². The third-order valence-corrected chi connectivity index (χ3v) is 13.0. The Bertz CT molecular complexity index is 1300. The number of nitrogens with one attached hydrogen (secondary N) is 1. The Kier molecular flexibility index (Phi) is 9.65. The molecule has 1 aromatic heterocycles. The summed E-state index contributed by atoms with van der Waals surface area (Å²) in [6, 6.07) is 7.25. The summed E-state index contributed by atoms with van der Waals surface area (Å²) in [6.45, 7) is 13.3. The topological polar surface area (TPSA) is 123 Å². The summed E-state index contributed by atoms with van der Waals surface area (Å²) in [6.07, 6.45) is -0.464. The van der Waals surface area contributed by atoms with E-state index in [1.165, 1.54) is 10.8 Å². The van der Waals surface area contributed by atoms with Crippen molar-refractivity contribution >= 4 is 19.5 Å². The standard InChI is InChI=1S/C29H44FN3O6Si/c1-19-17-33(25-16-22(35)23(18-34)39-25)27(38)32(26(19)37)14-8-13-31-24(36)15-20-9-11-21(12-10-20)40(30,28(2,3)4)29(5,6)7/h9-12,17,22-23,25,34-35H,8,13-16,18H2,1-7H3,(H,31,36)/t22-,23+,25?/m0/s1. The van der Waals surface area contributed by atoms with E-state index < -0.39 is 48.2 Å². The minimum atomic E-state index is -3.37. The molecule has 3 rings (SSSR count). The second kappa shape index (κ2) is 12.1. The van der Waals surface area contributed by atoms with E-state index in [0.717, 1.165) is 15.3 Å². The van der Waals surface area contributed by atoms with E-state index in [-0.39, 0.29) is 38.4 Å². The van der Waals surface area contributed by atoms with Gasteiger partial charge in [-0.15, -0.1) is 0 Å². The summed E-state index contributed by atoms with van der Waals surface area (Å²) >= 11 is 0. The summed E-state index contributed by atoms with van der Waals surface area (Å²) in [7, 11) is -3.37. The van der Waals surface area contributed by atoms with Crippen molar-refractivity contribution in [3.63, 3.8) is 0 Å². The predicted octanol–water partition coefficient (Wildman–Crippen LogP) is 2.43. The van der Waals surface area contributed by atoms with E-state index in [2.05, 4.69) is 5.32 Å². The van der Waals surface area contributed by atoms with E-state index in [4.69, 9.17) is 4.74 Å². The molecule has 0 bridgehead atoms. The molecule has 0 aliphatic carbocycles. The highest BCUT2D eigenvalue weighted by atomic mass is 28.4. The molecule has 40 heavy (non-hydrogen) atoms. The monoisotopic (exact) mass is 577 g/mol. The Morgan fingerprint density at radius 3 is 2.25 bits per heavy atom. The highest BCUT2D eigenvalue weighted by Gasteiger charge is 2.56. The fourth-order valence-corrected chi connectivity index (χ4v) is 10.4. The summed E-state index contributed by atoms with van der Waals surface area (Å²) in [5, 5.41) is 21.9. The molecule has 3 atom stereocenters. The van der Waals surface area contributed by atoms with Crippen LogP contribution in [0.4, 0.5) is 4.11 Å². The van der Waals surface area contributed by atoms with Gasteiger partial charge in [-0.25, -0.2) is 4.79 Å². The van der Waals surface area contributed by atoms with Crippen molar-refractivity contribution in [3.05, 3.63) is 62.4 Å². The molecule has 1 amide bonds. The van der Waals surface area contributed by atoms with Gasteiger partial charge in [0, 0.05) is 31.3 Å². The van der Waals surface area contributed by atoms with Gasteiger partial charge in [-0.05, 0) is 34.2 Å². The summed E-state index contributed by atoms with van der Waals surface area (Å²) < 4.78 is 24.5. The largest absolute Gasteiger partial charge is 0.394 e. The highest BCUT2D eigenvalue weighted by Crippen LogP contribution is 2.51. The van der Waals surface area contributed by atoms with Crippen LogP contribution in [0.2, 0.25) is 10.1 Å². The summed E-state index contributed by atoms with van der Waals surface area (Å²) in [5.74, 6) is -0.208. The van der Waals surface area contributed by atoms with Gasteiger partial charge >= 0.3 is 5.69 Å². The number of benzene rings is 1. The third-order valence-electron chi connectivity index (χ3n) is 7.73. The number of carbonyl (C=O) groups is 1. The Balaban J connectivity index is 1.60. The van der Waals surface area contributed by atoms with Crippen LogP contribution in [0, 0.1) is 6.92 Å². The van der Waals surface area contributed by atoms with Gasteiger partial charge in [0.25, 0.3) is 14.0 Å². The van der Waals surface area contributed by atoms with E-state index in [0.29, 0.717) is 12.0 Å². The van der Waals surface area contributed by atoms with Crippen LogP contribution in [0.25, 0.3) is 0 Å². The first-order valence-electron chi connectivity index (χ1n) is 13.8. The van der Waals surface area contributed by atoms with Crippen molar-refractivity contribution in [2.75, 3.05) is 13.2 Å². The van der Waals surface area contributed by atoms with Crippen LogP contribution in [0.1, 0.15) is 71.7 Å². The number of nitrogens with zero attached hydrogens (tertiary/aromatic N) is 2. The predicted molar refractivity (Wildman–Crippen MR) is 155 cm³/mol. The molecule has 9 nitrogen and oxygen atoms in total. The number of aliphatic hydroxyl groups excluding tert-OH is 2. The maximum Gasteiger partial charge on any atom is 0.333 e. The molecule has 1 saturated heterocycles. The third kappa shape index (κ3) is 6.48. The Morgan fingerprint density at radius 1 is 1.12 bits per heavy atom. The molecule has 0 spiro atoms. The number of aliphatic hydroxyl groups is 2. The van der Waals surface area contributed by atoms with E-state index >= 15 is 4.11 Å². The second-order valence-electron chi connectivity index (χ2n) is 12.8. The number of halogens is 1. The van der Waals surface area contributed by atoms with Crippen LogP contribution in [0.3, 0.4) is 0 Å². The molecular weight excluding hydrogens is 533 g/mol. The lowest BCUT2D eigenvalue weighted by Gasteiger charge is -2.44. The van der Waals surface area contributed by atoms with Crippen LogP contribution in [0.15, 0.2) is 40.1 Å². The molecule has 0 radical (unpaired) electrons. The average Bonchev–Trinajstić information content (AvgIpc) is 3.24. The molecule has 222 valence electrons. The van der Waals surface area contributed by atoms with E-state index in [9.17, 15) is 24.6 Å². The van der Waals surface area contributed by atoms with Crippen LogP contribution in [0.5, 0.6) is 0 Å². The zero-order valence-electron chi connectivity index (χ0n) is 24.7. The molecular formula is C29H44FN3O6Si. The van der Waals surface area contributed by atoms with Crippen molar-refractivity contribution in [3.8, 4) is 0 Å². The first kappa shape index (κ1) is 31.9. The normalized spacial score (nSPS) is 20.1. The Hall–Kier alpha value is -2.60. The summed E-state index contributed by atoms with van der Waals surface area (Å²) in [4.78, 5) is 38.2. The van der Waals surface area contributed by atoms with Crippen molar-refractivity contribution in [1.82, 2.24) is 14.5 Å². The molecule has 2 heterocycles. The number of carbonyl (C=O) groups excluding carboxylic acids is 1. The van der Waals surface area contributed by atoms with Crippen molar-refractivity contribution in [1.29, 1.82) is 0 Å². The molecule has 1 fully saturated rings. The number of amides is 1. The van der Waals surface area contributed by atoms with Gasteiger partial charge in [-0.3, -0.25) is 18.7 Å². The lowest BCUT2D eigenvalue weighted by Crippen LogP contribution is -2.57. The molecule has 3 N–H and O–H groups in total. The highest BCUT2D eigenvalue weighted by molar-refractivity contribution is 6.90. The Labute approximate surface area is 236 Å². The summed E-state index contributed by atoms with van der Waals surface area (Å²) in [5.41, 5.74) is 0.118. The van der Waals surface area contributed by atoms with Gasteiger partial charge in [-0.1, -0.05) is 65.8 Å². The zero-order valence-corrected chi connectivity index (χ0v) is 25.7. The van der Waals surface area contributed by atoms with Gasteiger partial charge < -0.3 is 24.4 Å².